The van der Waals surface area contributed by atoms with Gasteiger partial charge in [-0.2, -0.15) is 0 Å². The third-order valence-corrected chi connectivity index (χ3v) is 6.91. The Morgan fingerprint density at radius 1 is 1.11 bits per heavy atom. The van der Waals surface area contributed by atoms with Crippen molar-refractivity contribution in [1.82, 2.24) is 0 Å². The van der Waals surface area contributed by atoms with Crippen molar-refractivity contribution < 1.29 is 27.8 Å². The Morgan fingerprint density at radius 2 is 1.86 bits per heavy atom. The van der Waals surface area contributed by atoms with Crippen LogP contribution in [0.2, 0.25) is 0 Å². The van der Waals surface area contributed by atoms with Gasteiger partial charge in [0, 0.05) is 4.88 Å². The maximum Gasteiger partial charge on any atom is 0.348 e. The third kappa shape index (κ3) is 3.30. The van der Waals surface area contributed by atoms with E-state index in [0.717, 1.165) is 11.3 Å². The molecular formula is C19H15NO6S2. The molecule has 2 N–H and O–H groups in total. The van der Waals surface area contributed by atoms with Crippen molar-refractivity contribution >= 4 is 33.0 Å². The number of nitrogens with one attached hydrogen (secondary N) is 1. The van der Waals surface area contributed by atoms with Crippen molar-refractivity contribution in [2.45, 2.75) is 11.8 Å². The van der Waals surface area contributed by atoms with Crippen molar-refractivity contribution in [2.24, 2.45) is 0 Å². The average molecular weight is 417 g/mol. The summed E-state index contributed by atoms with van der Waals surface area (Å²) < 4.78 is 38.6. The lowest BCUT2D eigenvalue weighted by molar-refractivity contribution is 0.0703. The second-order valence-corrected chi connectivity index (χ2v) is 8.80. The van der Waals surface area contributed by atoms with Crippen LogP contribution in [0.3, 0.4) is 0 Å². The summed E-state index contributed by atoms with van der Waals surface area (Å²) in [5.74, 6) is -0.0384. The van der Waals surface area contributed by atoms with E-state index < -0.39 is 16.0 Å². The highest BCUT2D eigenvalue weighted by Crippen LogP contribution is 2.40. The summed E-state index contributed by atoms with van der Waals surface area (Å²) in [6.07, 6.45) is 0. The molecule has 4 rings (SSSR count). The molecule has 0 saturated carbocycles. The van der Waals surface area contributed by atoms with Crippen molar-refractivity contribution in [2.75, 3.05) is 11.5 Å². The Morgan fingerprint density at radius 3 is 2.61 bits per heavy atom. The highest BCUT2D eigenvalue weighted by atomic mass is 32.2. The first-order valence-corrected chi connectivity index (χ1v) is 10.5. The number of aromatic carboxylic acids is 1. The van der Waals surface area contributed by atoms with E-state index in [-0.39, 0.29) is 22.3 Å². The van der Waals surface area contributed by atoms with Crippen molar-refractivity contribution in [1.29, 1.82) is 0 Å². The molecular weight excluding hydrogens is 402 g/mol. The van der Waals surface area contributed by atoms with Crippen LogP contribution in [-0.4, -0.2) is 26.3 Å². The Bertz CT molecular complexity index is 1180. The second kappa shape index (κ2) is 6.84. The molecule has 2 heterocycles. The van der Waals surface area contributed by atoms with Crippen LogP contribution < -0.4 is 14.2 Å². The van der Waals surface area contributed by atoms with E-state index >= 15 is 0 Å². The molecule has 0 bridgehead atoms. The number of benzene rings is 2. The number of carboxylic acid groups (broad SMARTS) is 1. The standard InChI is InChI=1S/C19H15NO6S2/c1-11-4-2-3-5-17(11)28(23,24)20-13-9-16(27-18(13)19(21)22)12-6-7-14-15(8-12)26-10-25-14/h2-9,20H,10H2,1H3,(H,21,22). The van der Waals surface area contributed by atoms with E-state index in [9.17, 15) is 18.3 Å². The van der Waals surface area contributed by atoms with Gasteiger partial charge in [-0.1, -0.05) is 18.2 Å². The minimum Gasteiger partial charge on any atom is -0.477 e. The van der Waals surface area contributed by atoms with Gasteiger partial charge in [-0.15, -0.1) is 11.3 Å². The predicted octanol–water partition coefficient (Wildman–Crippen LogP) is 3.95. The second-order valence-electron chi connectivity index (χ2n) is 6.10. The van der Waals surface area contributed by atoms with Gasteiger partial charge < -0.3 is 14.6 Å². The number of aryl methyl sites for hydroxylation is 1. The van der Waals surface area contributed by atoms with E-state index in [1.807, 2.05) is 0 Å². The first-order chi connectivity index (χ1) is 13.3. The van der Waals surface area contributed by atoms with E-state index in [1.54, 1.807) is 43.3 Å². The van der Waals surface area contributed by atoms with Crippen LogP contribution in [0.4, 0.5) is 5.69 Å². The normalized spacial score (nSPS) is 12.8. The van der Waals surface area contributed by atoms with Crippen LogP contribution in [0.1, 0.15) is 15.2 Å². The number of ether oxygens (including phenoxy) is 2. The quantitative estimate of drug-likeness (QED) is 0.652. The van der Waals surface area contributed by atoms with Gasteiger partial charge in [0.25, 0.3) is 10.0 Å². The predicted molar refractivity (Wildman–Crippen MR) is 105 cm³/mol. The molecule has 0 fully saturated rings. The SMILES string of the molecule is Cc1ccccc1S(=O)(=O)Nc1cc(-c2ccc3c(c2)OCO3)sc1C(=O)O. The fourth-order valence-electron chi connectivity index (χ4n) is 2.88. The lowest BCUT2D eigenvalue weighted by atomic mass is 10.1. The van der Waals surface area contributed by atoms with E-state index in [4.69, 9.17) is 9.47 Å². The number of carbonyl (C=O) groups is 1. The number of fused-ring (bicyclic) bond motifs is 1. The number of carboxylic acids is 1. The van der Waals surface area contributed by atoms with E-state index in [1.165, 1.54) is 12.1 Å². The molecule has 9 heteroatoms. The smallest absolute Gasteiger partial charge is 0.348 e. The number of sulfonamides is 1. The summed E-state index contributed by atoms with van der Waals surface area (Å²) >= 11 is 0.983. The van der Waals surface area contributed by atoms with Crippen LogP contribution in [-0.2, 0) is 10.0 Å². The fraction of sp³-hybridized carbons (Fsp3) is 0.105. The van der Waals surface area contributed by atoms with Crippen molar-refractivity contribution in [3.8, 4) is 21.9 Å². The molecule has 0 radical (unpaired) electrons. The molecule has 0 atom stereocenters. The van der Waals surface area contributed by atoms with E-state index in [2.05, 4.69) is 4.72 Å². The van der Waals surface area contributed by atoms with Crippen molar-refractivity contribution in [3.63, 3.8) is 0 Å². The number of anilines is 1. The van der Waals surface area contributed by atoms with Crippen LogP contribution in [0.15, 0.2) is 53.4 Å². The molecule has 1 aliphatic rings. The highest BCUT2D eigenvalue weighted by molar-refractivity contribution is 7.92. The molecule has 28 heavy (non-hydrogen) atoms. The molecule has 1 aromatic heterocycles. The average Bonchev–Trinajstić information content (AvgIpc) is 3.27. The Hall–Kier alpha value is -3.04. The summed E-state index contributed by atoms with van der Waals surface area (Å²) in [5, 5.41) is 9.53. The zero-order chi connectivity index (χ0) is 19.9. The lowest BCUT2D eigenvalue weighted by Crippen LogP contribution is -2.15. The van der Waals surface area contributed by atoms with Crippen LogP contribution in [0, 0.1) is 6.92 Å². The van der Waals surface area contributed by atoms with Gasteiger partial charge in [0.1, 0.15) is 4.88 Å². The molecule has 144 valence electrons. The molecule has 3 aromatic rings. The molecule has 0 spiro atoms. The van der Waals surface area contributed by atoms with Gasteiger partial charge in [-0.05, 0) is 48.4 Å². The first-order valence-electron chi connectivity index (χ1n) is 8.21. The van der Waals surface area contributed by atoms with Gasteiger partial charge in [0.2, 0.25) is 6.79 Å². The minimum atomic E-state index is -3.93. The monoisotopic (exact) mass is 417 g/mol. The largest absolute Gasteiger partial charge is 0.477 e. The Labute approximate surface area is 165 Å². The van der Waals surface area contributed by atoms with Gasteiger partial charge in [0.05, 0.1) is 10.6 Å². The summed E-state index contributed by atoms with van der Waals surface area (Å²) in [6.45, 7) is 1.81. The Balaban J connectivity index is 1.74. The summed E-state index contributed by atoms with van der Waals surface area (Å²) in [4.78, 5) is 12.3. The zero-order valence-corrected chi connectivity index (χ0v) is 16.3. The molecule has 0 amide bonds. The van der Waals surface area contributed by atoms with E-state index in [0.29, 0.717) is 27.5 Å². The van der Waals surface area contributed by atoms with Crippen LogP contribution in [0.5, 0.6) is 11.5 Å². The molecule has 1 aliphatic heterocycles. The Kier molecular flexibility index (Phi) is 4.48. The molecule has 0 aliphatic carbocycles. The summed E-state index contributed by atoms with van der Waals surface area (Å²) in [5.41, 5.74) is 1.30. The van der Waals surface area contributed by atoms with Gasteiger partial charge >= 0.3 is 5.97 Å². The maximum atomic E-state index is 12.8. The number of thiophene rings is 1. The minimum absolute atomic E-state index is 0.0217. The van der Waals surface area contributed by atoms with Crippen LogP contribution in [0.25, 0.3) is 10.4 Å². The zero-order valence-electron chi connectivity index (χ0n) is 14.6. The molecule has 0 unspecified atom stereocenters. The molecule has 7 nitrogen and oxygen atoms in total. The van der Waals surface area contributed by atoms with Gasteiger partial charge in [0.15, 0.2) is 11.5 Å². The van der Waals surface area contributed by atoms with Crippen LogP contribution >= 0.6 is 11.3 Å². The molecule has 2 aromatic carbocycles. The fourth-order valence-corrected chi connectivity index (χ4v) is 5.20. The van der Waals surface area contributed by atoms with Gasteiger partial charge in [-0.3, -0.25) is 4.72 Å². The topological polar surface area (TPSA) is 102 Å². The summed E-state index contributed by atoms with van der Waals surface area (Å²) in [7, 11) is -3.93. The summed E-state index contributed by atoms with van der Waals surface area (Å²) in [6, 6.07) is 13.3. The number of hydrogen-bond donors (Lipinski definition) is 2. The number of hydrogen-bond acceptors (Lipinski definition) is 6. The third-order valence-electron chi connectivity index (χ3n) is 4.21. The highest BCUT2D eigenvalue weighted by Gasteiger charge is 2.24. The van der Waals surface area contributed by atoms with Gasteiger partial charge in [-0.25, -0.2) is 13.2 Å². The van der Waals surface area contributed by atoms with Crippen molar-refractivity contribution in [3.05, 3.63) is 59.0 Å². The number of rotatable bonds is 5. The molecule has 0 saturated heterocycles. The maximum absolute atomic E-state index is 12.8. The lowest BCUT2D eigenvalue weighted by Gasteiger charge is -2.09. The first kappa shape index (κ1) is 18.3.